The quantitative estimate of drug-likeness (QED) is 0.576. The number of methoxy groups -OCH3 is 1. The van der Waals surface area contributed by atoms with Crippen molar-refractivity contribution in [2.75, 3.05) is 45.2 Å². The summed E-state index contributed by atoms with van der Waals surface area (Å²) in [7, 11) is 1.66. The summed E-state index contributed by atoms with van der Waals surface area (Å²) in [6, 6.07) is 14.0. The first-order valence-electron chi connectivity index (χ1n) is 11.4. The van der Waals surface area contributed by atoms with E-state index < -0.39 is 0 Å². The van der Waals surface area contributed by atoms with Crippen molar-refractivity contribution in [1.82, 2.24) is 20.0 Å². The highest BCUT2D eigenvalue weighted by atomic mass is 16.5. The highest BCUT2D eigenvalue weighted by molar-refractivity contribution is 5.91. The Hall–Kier alpha value is -3.39. The van der Waals surface area contributed by atoms with Gasteiger partial charge in [0.05, 0.1) is 12.8 Å². The van der Waals surface area contributed by atoms with E-state index in [2.05, 4.69) is 26.5 Å². The minimum absolute atomic E-state index is 0.0427. The van der Waals surface area contributed by atoms with Crippen LogP contribution in [0.4, 0.5) is 5.82 Å². The lowest BCUT2D eigenvalue weighted by atomic mass is 10.0. The molecule has 3 aromatic rings. The first kappa shape index (κ1) is 22.8. The fourth-order valence-corrected chi connectivity index (χ4v) is 4.23. The first-order chi connectivity index (χ1) is 16.0. The third kappa shape index (κ3) is 5.90. The highest BCUT2D eigenvalue weighted by Crippen LogP contribution is 2.27. The molecule has 8 nitrogen and oxygen atoms in total. The number of rotatable bonds is 7. The molecule has 4 rings (SSSR count). The molecule has 0 saturated carbocycles. The molecule has 0 atom stereocenters. The van der Waals surface area contributed by atoms with Crippen LogP contribution in [0.1, 0.15) is 26.2 Å². The lowest BCUT2D eigenvalue weighted by Gasteiger charge is -2.20. The number of benzene rings is 2. The number of carbonyl (C=O) groups excluding carboxylic acids is 2. The van der Waals surface area contributed by atoms with E-state index in [9.17, 15) is 9.59 Å². The van der Waals surface area contributed by atoms with E-state index >= 15 is 0 Å². The summed E-state index contributed by atoms with van der Waals surface area (Å²) in [6.45, 7) is 5.89. The molecular weight excluding hydrogens is 418 g/mol. The van der Waals surface area contributed by atoms with Crippen molar-refractivity contribution in [3.63, 3.8) is 0 Å². The molecule has 1 saturated heterocycles. The monoisotopic (exact) mass is 449 g/mol. The van der Waals surface area contributed by atoms with Crippen molar-refractivity contribution in [3.05, 3.63) is 42.5 Å². The van der Waals surface area contributed by atoms with E-state index in [0.717, 1.165) is 73.3 Å². The molecule has 2 N–H and O–H groups in total. The SMILES string of the molecule is COc1ccc2cc(-c3cc(NC(=O)CCCN4CCCN(C(C)=O)CC4)n[nH]3)ccc2c1. The lowest BCUT2D eigenvalue weighted by molar-refractivity contribution is -0.128. The van der Waals surface area contributed by atoms with E-state index in [4.69, 9.17) is 4.74 Å². The van der Waals surface area contributed by atoms with Crippen molar-refractivity contribution in [2.45, 2.75) is 26.2 Å². The van der Waals surface area contributed by atoms with Crippen LogP contribution < -0.4 is 10.1 Å². The Labute approximate surface area is 193 Å². The molecule has 2 amide bonds. The number of carbonyl (C=O) groups is 2. The van der Waals surface area contributed by atoms with Gasteiger partial charge in [0.1, 0.15) is 5.75 Å². The van der Waals surface area contributed by atoms with E-state index in [0.29, 0.717) is 12.2 Å². The van der Waals surface area contributed by atoms with Gasteiger partial charge in [0, 0.05) is 44.6 Å². The van der Waals surface area contributed by atoms with Crippen molar-refractivity contribution >= 4 is 28.4 Å². The summed E-state index contributed by atoms with van der Waals surface area (Å²) in [6.07, 6.45) is 2.19. The van der Waals surface area contributed by atoms with Gasteiger partial charge in [-0.3, -0.25) is 14.7 Å². The molecule has 0 bridgehead atoms. The van der Waals surface area contributed by atoms with Gasteiger partial charge >= 0.3 is 0 Å². The maximum Gasteiger partial charge on any atom is 0.225 e. The van der Waals surface area contributed by atoms with Gasteiger partial charge in [-0.25, -0.2) is 0 Å². The van der Waals surface area contributed by atoms with E-state index in [1.807, 2.05) is 41.3 Å². The maximum atomic E-state index is 12.4. The molecule has 2 aromatic carbocycles. The molecule has 0 unspecified atom stereocenters. The third-order valence-electron chi connectivity index (χ3n) is 6.12. The summed E-state index contributed by atoms with van der Waals surface area (Å²) in [5.74, 6) is 1.45. The fourth-order valence-electron chi connectivity index (χ4n) is 4.23. The fraction of sp³-hybridized carbons (Fsp3) is 0.400. The van der Waals surface area contributed by atoms with Crippen LogP contribution in [0.5, 0.6) is 5.75 Å². The Bertz CT molecular complexity index is 1130. The zero-order valence-electron chi connectivity index (χ0n) is 19.3. The van der Waals surface area contributed by atoms with Crippen molar-refractivity contribution in [2.24, 2.45) is 0 Å². The van der Waals surface area contributed by atoms with Gasteiger partial charge in [0.2, 0.25) is 11.8 Å². The second kappa shape index (κ2) is 10.5. The highest BCUT2D eigenvalue weighted by Gasteiger charge is 2.16. The van der Waals surface area contributed by atoms with E-state index in [-0.39, 0.29) is 11.8 Å². The Balaban J connectivity index is 1.27. The van der Waals surface area contributed by atoms with Crippen LogP contribution in [0, 0.1) is 0 Å². The molecule has 0 radical (unpaired) electrons. The topological polar surface area (TPSA) is 90.6 Å². The summed E-state index contributed by atoms with van der Waals surface area (Å²) in [5.41, 5.74) is 1.85. The van der Waals surface area contributed by atoms with Crippen molar-refractivity contribution in [3.8, 4) is 17.0 Å². The van der Waals surface area contributed by atoms with Gasteiger partial charge in [-0.2, -0.15) is 5.10 Å². The molecule has 174 valence electrons. The Morgan fingerprint density at radius 1 is 1.06 bits per heavy atom. The first-order valence-corrected chi connectivity index (χ1v) is 11.4. The number of hydrogen-bond donors (Lipinski definition) is 2. The molecule has 1 aliphatic heterocycles. The van der Waals surface area contributed by atoms with Crippen LogP contribution in [-0.2, 0) is 9.59 Å². The average molecular weight is 450 g/mol. The minimum atomic E-state index is -0.0427. The van der Waals surface area contributed by atoms with Gasteiger partial charge in [-0.05, 0) is 54.9 Å². The number of aromatic amines is 1. The van der Waals surface area contributed by atoms with Crippen LogP contribution in [0.15, 0.2) is 42.5 Å². The van der Waals surface area contributed by atoms with Gasteiger partial charge in [-0.1, -0.05) is 18.2 Å². The summed E-state index contributed by atoms with van der Waals surface area (Å²) in [5, 5.41) is 12.4. The van der Waals surface area contributed by atoms with Crippen LogP contribution in [0.25, 0.3) is 22.0 Å². The number of anilines is 1. The average Bonchev–Trinajstić information content (AvgIpc) is 3.14. The number of fused-ring (bicyclic) bond motifs is 1. The van der Waals surface area contributed by atoms with Crippen LogP contribution >= 0.6 is 0 Å². The predicted octanol–water partition coefficient (Wildman–Crippen LogP) is 3.51. The molecule has 1 aliphatic rings. The summed E-state index contributed by atoms with van der Waals surface area (Å²) in [4.78, 5) is 28.2. The number of amides is 2. The molecule has 8 heteroatoms. The Morgan fingerprint density at radius 3 is 2.70 bits per heavy atom. The number of nitrogens with zero attached hydrogens (tertiary/aromatic N) is 3. The lowest BCUT2D eigenvalue weighted by Crippen LogP contribution is -2.34. The number of aromatic nitrogens is 2. The van der Waals surface area contributed by atoms with E-state index in [1.165, 1.54) is 0 Å². The summed E-state index contributed by atoms with van der Waals surface area (Å²) >= 11 is 0. The largest absolute Gasteiger partial charge is 0.497 e. The van der Waals surface area contributed by atoms with Gasteiger partial charge in [0.15, 0.2) is 5.82 Å². The second-order valence-electron chi connectivity index (χ2n) is 8.45. The molecule has 2 heterocycles. The van der Waals surface area contributed by atoms with Crippen LogP contribution in [0.2, 0.25) is 0 Å². The number of H-pyrrole nitrogens is 1. The number of nitrogens with one attached hydrogen (secondary N) is 2. The normalized spacial score (nSPS) is 14.8. The predicted molar refractivity (Wildman–Crippen MR) is 129 cm³/mol. The zero-order valence-corrected chi connectivity index (χ0v) is 19.3. The number of ether oxygens (including phenoxy) is 1. The molecule has 1 fully saturated rings. The summed E-state index contributed by atoms with van der Waals surface area (Å²) < 4.78 is 5.28. The van der Waals surface area contributed by atoms with Gasteiger partial charge in [0.25, 0.3) is 0 Å². The van der Waals surface area contributed by atoms with Crippen LogP contribution in [0.3, 0.4) is 0 Å². The smallest absolute Gasteiger partial charge is 0.225 e. The molecule has 1 aromatic heterocycles. The maximum absolute atomic E-state index is 12.4. The van der Waals surface area contributed by atoms with Gasteiger partial charge in [-0.15, -0.1) is 0 Å². The third-order valence-corrected chi connectivity index (χ3v) is 6.12. The zero-order chi connectivity index (χ0) is 23.2. The molecule has 0 aliphatic carbocycles. The molecular formula is C25H31N5O3. The number of hydrogen-bond acceptors (Lipinski definition) is 5. The van der Waals surface area contributed by atoms with E-state index in [1.54, 1.807) is 14.0 Å². The minimum Gasteiger partial charge on any atom is -0.497 e. The standard InChI is InChI=1S/C25H31N5O3/c1-18(31)30-12-4-11-29(13-14-30)10-3-5-25(32)26-24-17-23(27-28-24)21-7-6-20-16-22(33-2)9-8-19(20)15-21/h6-9,15-17H,3-5,10-14H2,1-2H3,(H2,26,27,28,32). The van der Waals surface area contributed by atoms with Crippen molar-refractivity contribution in [1.29, 1.82) is 0 Å². The van der Waals surface area contributed by atoms with Crippen LogP contribution in [-0.4, -0.2) is 71.6 Å². The molecule has 0 spiro atoms. The van der Waals surface area contributed by atoms with Crippen molar-refractivity contribution < 1.29 is 14.3 Å². The molecule has 33 heavy (non-hydrogen) atoms. The van der Waals surface area contributed by atoms with Gasteiger partial charge < -0.3 is 19.9 Å². The Kier molecular flexibility index (Phi) is 7.24. The second-order valence-corrected chi connectivity index (χ2v) is 8.45. The Morgan fingerprint density at radius 2 is 1.88 bits per heavy atom.